The fourth-order valence-corrected chi connectivity index (χ4v) is 0.349. The van der Waals surface area contributed by atoms with Crippen molar-refractivity contribution in [3.05, 3.63) is 0 Å². The van der Waals surface area contributed by atoms with Crippen molar-refractivity contribution in [3.63, 3.8) is 0 Å². The molecule has 0 aromatic heterocycles. The Bertz CT molecular complexity index is 116. The van der Waals surface area contributed by atoms with Gasteiger partial charge in [0.05, 0.1) is 13.2 Å². The summed E-state index contributed by atoms with van der Waals surface area (Å²) in [6.45, 7) is 2.67. The average molecular weight is 165 g/mol. The monoisotopic (exact) mass is 165 g/mol. The molecule has 4 nitrogen and oxygen atoms in total. The molecule has 0 aromatic rings. The van der Waals surface area contributed by atoms with E-state index >= 15 is 0 Å². The Hall–Kier alpha value is -0.840. The van der Waals surface area contributed by atoms with E-state index in [1.165, 1.54) is 0 Å². The van der Waals surface area contributed by atoms with Gasteiger partial charge in [-0.05, 0) is 6.92 Å². The Morgan fingerprint density at radius 3 is 2.36 bits per heavy atom. The molecule has 1 unspecified atom stereocenters. The Labute approximate surface area is 64.5 Å². The van der Waals surface area contributed by atoms with E-state index in [0.29, 0.717) is 19.6 Å². The molecule has 1 aliphatic heterocycles. The largest absolute Gasteiger partial charge is 0.450 e. The lowest BCUT2D eigenvalue weighted by Crippen LogP contribution is -2.20. The molecule has 0 aromatic carbocycles. The summed E-state index contributed by atoms with van der Waals surface area (Å²) in [5, 5.41) is 0. The number of amides is 1. The maximum Gasteiger partial charge on any atom is 0.404 e. The van der Waals surface area contributed by atoms with E-state index in [4.69, 9.17) is 0 Å². The van der Waals surface area contributed by atoms with Gasteiger partial charge < -0.3 is 15.2 Å². The summed E-state index contributed by atoms with van der Waals surface area (Å²) in [4.78, 5) is 9.60. The fourth-order valence-electron chi connectivity index (χ4n) is 0.349. The van der Waals surface area contributed by atoms with Gasteiger partial charge in [0.1, 0.15) is 0 Å². The summed E-state index contributed by atoms with van der Waals surface area (Å²) in [5.41, 5.74) is 4.54. The predicted octanol–water partition coefficient (Wildman–Crippen LogP) is 0.804. The van der Waals surface area contributed by atoms with E-state index in [9.17, 15) is 9.18 Å². The molecule has 11 heavy (non-hydrogen) atoms. The molecule has 0 aliphatic carbocycles. The SMILES string of the molecule is CCOC(N)=O.FC1CCO1. The van der Waals surface area contributed by atoms with Crippen LogP contribution < -0.4 is 5.73 Å². The number of ether oxygens (including phenoxy) is 2. The summed E-state index contributed by atoms with van der Waals surface area (Å²) >= 11 is 0. The number of hydrogen-bond donors (Lipinski definition) is 1. The number of rotatable bonds is 1. The van der Waals surface area contributed by atoms with Crippen molar-refractivity contribution in [2.45, 2.75) is 19.7 Å². The van der Waals surface area contributed by atoms with Crippen molar-refractivity contribution in [3.8, 4) is 0 Å². The summed E-state index contributed by atoms with van der Waals surface area (Å²) in [7, 11) is 0. The Kier molecular flexibility index (Phi) is 5.46. The smallest absolute Gasteiger partial charge is 0.404 e. The van der Waals surface area contributed by atoms with Crippen LogP contribution in [0.1, 0.15) is 13.3 Å². The highest BCUT2D eigenvalue weighted by molar-refractivity contribution is 5.64. The first-order chi connectivity index (χ1) is 5.16. The van der Waals surface area contributed by atoms with E-state index in [1.54, 1.807) is 6.92 Å². The van der Waals surface area contributed by atoms with E-state index in [-0.39, 0.29) is 0 Å². The Balaban J connectivity index is 0.000000183. The minimum Gasteiger partial charge on any atom is -0.450 e. The van der Waals surface area contributed by atoms with Gasteiger partial charge >= 0.3 is 6.09 Å². The molecule has 0 bridgehead atoms. The zero-order valence-electron chi connectivity index (χ0n) is 6.38. The number of primary amides is 1. The lowest BCUT2D eigenvalue weighted by atomic mass is 10.4. The zero-order chi connectivity index (χ0) is 8.69. The molecule has 0 saturated carbocycles. The van der Waals surface area contributed by atoms with Crippen LogP contribution in [0, 0.1) is 0 Å². The van der Waals surface area contributed by atoms with Gasteiger partial charge in [-0.15, -0.1) is 0 Å². The highest BCUT2D eigenvalue weighted by Crippen LogP contribution is 2.09. The van der Waals surface area contributed by atoms with Gasteiger partial charge in [-0.3, -0.25) is 0 Å². The molecule has 66 valence electrons. The van der Waals surface area contributed by atoms with Crippen molar-refractivity contribution >= 4 is 6.09 Å². The van der Waals surface area contributed by atoms with Crippen LogP contribution in [-0.4, -0.2) is 25.7 Å². The first-order valence-corrected chi connectivity index (χ1v) is 3.34. The fraction of sp³-hybridized carbons (Fsp3) is 0.833. The molecule has 1 fully saturated rings. The second-order valence-electron chi connectivity index (χ2n) is 1.82. The molecule has 2 N–H and O–H groups in total. The van der Waals surface area contributed by atoms with Gasteiger partial charge in [0.25, 0.3) is 0 Å². The molecule has 0 radical (unpaired) electrons. The zero-order valence-corrected chi connectivity index (χ0v) is 6.38. The Morgan fingerprint density at radius 2 is 2.36 bits per heavy atom. The summed E-state index contributed by atoms with van der Waals surface area (Å²) in [6, 6.07) is 0. The van der Waals surface area contributed by atoms with Crippen molar-refractivity contribution in [1.29, 1.82) is 0 Å². The third kappa shape index (κ3) is 7.05. The molecule has 1 rings (SSSR count). The summed E-state index contributed by atoms with van der Waals surface area (Å²) in [5.74, 6) is 0. The molecule has 1 atom stereocenters. The van der Waals surface area contributed by atoms with Gasteiger partial charge in [0, 0.05) is 6.42 Å². The van der Waals surface area contributed by atoms with E-state index in [2.05, 4.69) is 15.2 Å². The summed E-state index contributed by atoms with van der Waals surface area (Å²) in [6.07, 6.45) is -1.05. The van der Waals surface area contributed by atoms with E-state index in [0.717, 1.165) is 0 Å². The van der Waals surface area contributed by atoms with Crippen LogP contribution in [0.15, 0.2) is 0 Å². The number of nitrogens with two attached hydrogens (primary N) is 1. The van der Waals surface area contributed by atoms with Crippen LogP contribution in [0.5, 0.6) is 0 Å². The highest BCUT2D eigenvalue weighted by atomic mass is 19.1. The van der Waals surface area contributed by atoms with E-state index in [1.807, 2.05) is 0 Å². The molecule has 1 heterocycles. The minimum absolute atomic E-state index is 0.356. The second kappa shape index (κ2) is 5.91. The molecule has 1 aliphatic rings. The van der Waals surface area contributed by atoms with Crippen LogP contribution in [0.4, 0.5) is 9.18 Å². The van der Waals surface area contributed by atoms with Crippen LogP contribution in [0.25, 0.3) is 0 Å². The quantitative estimate of drug-likeness (QED) is 0.625. The third-order valence-corrected chi connectivity index (χ3v) is 0.930. The number of halogens is 1. The Morgan fingerprint density at radius 1 is 1.91 bits per heavy atom. The third-order valence-electron chi connectivity index (χ3n) is 0.930. The van der Waals surface area contributed by atoms with Gasteiger partial charge in [-0.2, -0.15) is 0 Å². The lowest BCUT2D eigenvalue weighted by Gasteiger charge is -2.16. The number of alkyl halides is 1. The predicted molar refractivity (Wildman–Crippen MR) is 36.7 cm³/mol. The van der Waals surface area contributed by atoms with Crippen molar-refractivity contribution in [1.82, 2.24) is 0 Å². The summed E-state index contributed by atoms with van der Waals surface area (Å²) < 4.78 is 19.7. The lowest BCUT2D eigenvalue weighted by molar-refractivity contribution is -0.131. The first kappa shape index (κ1) is 10.2. The molecule has 5 heteroatoms. The number of hydrogen-bond acceptors (Lipinski definition) is 3. The van der Waals surface area contributed by atoms with Crippen molar-refractivity contribution < 1.29 is 18.7 Å². The molecule has 0 spiro atoms. The molecular weight excluding hydrogens is 153 g/mol. The van der Waals surface area contributed by atoms with Crippen LogP contribution in [-0.2, 0) is 9.47 Å². The van der Waals surface area contributed by atoms with Gasteiger partial charge in [-0.1, -0.05) is 0 Å². The maximum atomic E-state index is 11.3. The van der Waals surface area contributed by atoms with Crippen molar-refractivity contribution in [2.75, 3.05) is 13.2 Å². The average Bonchev–Trinajstić information content (AvgIpc) is 1.85. The molecule has 1 saturated heterocycles. The topological polar surface area (TPSA) is 61.5 Å². The van der Waals surface area contributed by atoms with Crippen LogP contribution in [0.3, 0.4) is 0 Å². The van der Waals surface area contributed by atoms with Gasteiger partial charge in [-0.25, -0.2) is 9.18 Å². The molecular formula is C6H12FNO3. The second-order valence-corrected chi connectivity index (χ2v) is 1.82. The van der Waals surface area contributed by atoms with Crippen LogP contribution >= 0.6 is 0 Å². The van der Waals surface area contributed by atoms with E-state index < -0.39 is 12.5 Å². The van der Waals surface area contributed by atoms with Gasteiger partial charge in [0.2, 0.25) is 6.36 Å². The van der Waals surface area contributed by atoms with Gasteiger partial charge in [0.15, 0.2) is 0 Å². The normalized spacial score (nSPS) is 20.7. The standard InChI is InChI=1S/C3H5FO.C3H7NO2/c4-3-1-2-5-3;1-2-6-3(4)5/h3H,1-2H2;2H2,1H3,(H2,4,5). The highest BCUT2D eigenvalue weighted by Gasteiger charge is 2.14. The van der Waals surface area contributed by atoms with Crippen LogP contribution in [0.2, 0.25) is 0 Å². The number of carbonyl (C=O) groups is 1. The minimum atomic E-state index is -0.935. The molecule has 1 amide bonds. The first-order valence-electron chi connectivity index (χ1n) is 3.34. The van der Waals surface area contributed by atoms with Crippen molar-refractivity contribution in [2.24, 2.45) is 5.73 Å². The number of carbonyl (C=O) groups excluding carboxylic acids is 1. The maximum absolute atomic E-state index is 11.3.